The molecule has 1 fully saturated rings. The van der Waals surface area contributed by atoms with Gasteiger partial charge in [0.05, 0.1) is 16.3 Å². The monoisotopic (exact) mass is 266 g/mol. The number of halogens is 1. The minimum atomic E-state index is 0.0169. The average molecular weight is 267 g/mol. The Labute approximate surface area is 113 Å². The van der Waals surface area contributed by atoms with Gasteiger partial charge < -0.3 is 10.6 Å². The highest BCUT2D eigenvalue weighted by Gasteiger charge is 2.33. The van der Waals surface area contributed by atoms with Crippen LogP contribution in [-0.2, 0) is 0 Å². The van der Waals surface area contributed by atoms with E-state index >= 15 is 0 Å². The van der Waals surface area contributed by atoms with E-state index in [9.17, 15) is 4.79 Å². The Morgan fingerprint density at radius 3 is 2.83 bits per heavy atom. The molecule has 2 rings (SSSR count). The van der Waals surface area contributed by atoms with Crippen LogP contribution in [0, 0.1) is 0 Å². The molecule has 0 atom stereocenters. The van der Waals surface area contributed by atoms with E-state index in [1.807, 2.05) is 4.90 Å². The number of carbonyl (C=O) groups excluding carboxylic acids is 1. The van der Waals surface area contributed by atoms with Crippen LogP contribution in [0.1, 0.15) is 43.0 Å². The molecule has 1 saturated carbocycles. The number of unbranched alkanes of at least 4 members (excludes halogenated alkanes) is 1. The number of anilines is 1. The summed E-state index contributed by atoms with van der Waals surface area (Å²) < 4.78 is 0. The van der Waals surface area contributed by atoms with Crippen LogP contribution in [0.3, 0.4) is 0 Å². The van der Waals surface area contributed by atoms with Crippen molar-refractivity contribution in [3.8, 4) is 0 Å². The smallest absolute Gasteiger partial charge is 0.255 e. The average Bonchev–Trinajstić information content (AvgIpc) is 3.17. The summed E-state index contributed by atoms with van der Waals surface area (Å²) in [6, 6.07) is 5.65. The van der Waals surface area contributed by atoms with Crippen molar-refractivity contribution < 1.29 is 4.79 Å². The van der Waals surface area contributed by atoms with Crippen LogP contribution in [0.4, 0.5) is 5.69 Å². The second-order valence-electron chi connectivity index (χ2n) is 4.79. The van der Waals surface area contributed by atoms with Gasteiger partial charge in [-0.1, -0.05) is 31.0 Å². The second kappa shape index (κ2) is 5.61. The fourth-order valence-electron chi connectivity index (χ4n) is 2.03. The van der Waals surface area contributed by atoms with Gasteiger partial charge in [-0.2, -0.15) is 0 Å². The minimum Gasteiger partial charge on any atom is -0.398 e. The zero-order chi connectivity index (χ0) is 13.1. The van der Waals surface area contributed by atoms with Crippen LogP contribution in [-0.4, -0.2) is 23.4 Å². The normalized spacial score (nSPS) is 14.6. The van der Waals surface area contributed by atoms with Crippen molar-refractivity contribution in [1.29, 1.82) is 0 Å². The summed E-state index contributed by atoms with van der Waals surface area (Å²) in [7, 11) is 0. The number of carbonyl (C=O) groups is 1. The largest absolute Gasteiger partial charge is 0.398 e. The number of nitrogens with two attached hydrogens (primary N) is 1. The summed E-state index contributed by atoms with van der Waals surface area (Å²) in [5.41, 5.74) is 6.74. The zero-order valence-corrected chi connectivity index (χ0v) is 11.4. The molecule has 18 heavy (non-hydrogen) atoms. The van der Waals surface area contributed by atoms with Crippen molar-refractivity contribution in [1.82, 2.24) is 4.90 Å². The Morgan fingerprint density at radius 1 is 1.50 bits per heavy atom. The van der Waals surface area contributed by atoms with E-state index < -0.39 is 0 Å². The van der Waals surface area contributed by atoms with Crippen molar-refractivity contribution in [3.05, 3.63) is 28.8 Å². The molecular formula is C14H19ClN2O. The summed E-state index contributed by atoms with van der Waals surface area (Å²) >= 11 is 6.12. The molecular weight excluding hydrogens is 248 g/mol. The van der Waals surface area contributed by atoms with Crippen LogP contribution in [0.15, 0.2) is 18.2 Å². The molecule has 0 bridgehead atoms. The molecule has 98 valence electrons. The van der Waals surface area contributed by atoms with E-state index in [1.54, 1.807) is 18.2 Å². The number of amides is 1. The van der Waals surface area contributed by atoms with Crippen molar-refractivity contribution in [3.63, 3.8) is 0 Å². The first-order valence-electron chi connectivity index (χ1n) is 6.50. The van der Waals surface area contributed by atoms with E-state index in [2.05, 4.69) is 6.92 Å². The maximum Gasteiger partial charge on any atom is 0.255 e. The third kappa shape index (κ3) is 2.78. The number of nitrogen functional groups attached to an aromatic ring is 1. The van der Waals surface area contributed by atoms with Crippen LogP contribution < -0.4 is 5.73 Å². The topological polar surface area (TPSA) is 46.3 Å². The highest BCUT2D eigenvalue weighted by atomic mass is 35.5. The van der Waals surface area contributed by atoms with Crippen LogP contribution in [0.2, 0.25) is 5.02 Å². The molecule has 1 aromatic rings. The van der Waals surface area contributed by atoms with Crippen molar-refractivity contribution in [2.45, 2.75) is 38.6 Å². The Morgan fingerprint density at radius 2 is 2.22 bits per heavy atom. The van der Waals surface area contributed by atoms with Crippen molar-refractivity contribution in [2.75, 3.05) is 12.3 Å². The highest BCUT2D eigenvalue weighted by molar-refractivity contribution is 6.36. The number of hydrogen-bond donors (Lipinski definition) is 1. The van der Waals surface area contributed by atoms with Gasteiger partial charge in [0.25, 0.3) is 5.91 Å². The number of hydrogen-bond acceptors (Lipinski definition) is 2. The quantitative estimate of drug-likeness (QED) is 0.831. The summed E-state index contributed by atoms with van der Waals surface area (Å²) in [5.74, 6) is 0.0169. The van der Waals surface area contributed by atoms with Gasteiger partial charge in [-0.05, 0) is 31.4 Å². The van der Waals surface area contributed by atoms with Gasteiger partial charge in [-0.15, -0.1) is 0 Å². The molecule has 1 amide bonds. The molecule has 1 aromatic carbocycles. The summed E-state index contributed by atoms with van der Waals surface area (Å²) in [5, 5.41) is 0.379. The van der Waals surface area contributed by atoms with Gasteiger partial charge in [0.15, 0.2) is 0 Å². The minimum absolute atomic E-state index is 0.0169. The lowest BCUT2D eigenvalue weighted by Gasteiger charge is -2.23. The van der Waals surface area contributed by atoms with Crippen molar-refractivity contribution in [2.24, 2.45) is 0 Å². The molecule has 0 spiro atoms. The standard InChI is InChI=1S/C14H19ClN2O/c1-2-3-9-17(10-7-8-10)14(18)11-5-4-6-12(16)13(11)15/h4-6,10H,2-3,7-9,16H2,1H3. The molecule has 0 radical (unpaired) electrons. The van der Waals surface area contributed by atoms with Crippen LogP contribution >= 0.6 is 11.6 Å². The molecule has 3 nitrogen and oxygen atoms in total. The Bertz CT molecular complexity index is 443. The second-order valence-corrected chi connectivity index (χ2v) is 5.17. The van der Waals surface area contributed by atoms with Crippen molar-refractivity contribution >= 4 is 23.2 Å². The molecule has 0 aliphatic heterocycles. The third-order valence-electron chi connectivity index (χ3n) is 3.26. The first-order chi connectivity index (χ1) is 8.65. The third-order valence-corrected chi connectivity index (χ3v) is 3.68. The van der Waals surface area contributed by atoms with Gasteiger partial charge in [0, 0.05) is 12.6 Å². The molecule has 0 unspecified atom stereocenters. The van der Waals surface area contributed by atoms with E-state index in [-0.39, 0.29) is 5.91 Å². The Balaban J connectivity index is 2.19. The Kier molecular flexibility index (Phi) is 4.12. The van der Waals surface area contributed by atoms with Gasteiger partial charge >= 0.3 is 0 Å². The SMILES string of the molecule is CCCCN(C(=O)c1cccc(N)c1Cl)C1CC1. The van der Waals surface area contributed by atoms with Gasteiger partial charge in [-0.25, -0.2) is 0 Å². The van der Waals surface area contributed by atoms with Gasteiger partial charge in [-0.3, -0.25) is 4.79 Å². The van der Waals surface area contributed by atoms with Gasteiger partial charge in [0.1, 0.15) is 0 Å². The molecule has 2 N–H and O–H groups in total. The zero-order valence-electron chi connectivity index (χ0n) is 10.7. The molecule has 4 heteroatoms. The molecule has 1 aliphatic rings. The maximum atomic E-state index is 12.5. The molecule has 0 aromatic heterocycles. The lowest BCUT2D eigenvalue weighted by molar-refractivity contribution is 0.0741. The van der Waals surface area contributed by atoms with E-state index in [4.69, 9.17) is 17.3 Å². The predicted molar refractivity (Wildman–Crippen MR) is 74.8 cm³/mol. The number of nitrogens with zero attached hydrogens (tertiary/aromatic N) is 1. The van der Waals surface area contributed by atoms with E-state index in [1.165, 1.54) is 0 Å². The number of benzene rings is 1. The van der Waals surface area contributed by atoms with E-state index in [0.717, 1.165) is 32.2 Å². The number of rotatable bonds is 5. The predicted octanol–water partition coefficient (Wildman–Crippen LogP) is 3.33. The molecule has 0 saturated heterocycles. The first-order valence-corrected chi connectivity index (χ1v) is 6.88. The van der Waals surface area contributed by atoms with Gasteiger partial charge in [0.2, 0.25) is 0 Å². The van der Waals surface area contributed by atoms with Crippen LogP contribution in [0.25, 0.3) is 0 Å². The lowest BCUT2D eigenvalue weighted by Crippen LogP contribution is -2.34. The fraction of sp³-hybridized carbons (Fsp3) is 0.500. The molecule has 0 heterocycles. The summed E-state index contributed by atoms with van der Waals surface area (Å²) in [6.07, 6.45) is 4.33. The molecule has 1 aliphatic carbocycles. The highest BCUT2D eigenvalue weighted by Crippen LogP contribution is 2.31. The fourth-order valence-corrected chi connectivity index (χ4v) is 2.24. The Hall–Kier alpha value is -1.22. The first kappa shape index (κ1) is 13.2. The summed E-state index contributed by atoms with van der Waals surface area (Å²) in [4.78, 5) is 14.4. The summed E-state index contributed by atoms with van der Waals surface area (Å²) in [6.45, 7) is 2.94. The van der Waals surface area contributed by atoms with Crippen LogP contribution in [0.5, 0.6) is 0 Å². The lowest BCUT2D eigenvalue weighted by atomic mass is 10.1. The maximum absolute atomic E-state index is 12.5. The van der Waals surface area contributed by atoms with E-state index in [0.29, 0.717) is 22.3 Å².